The number of nitrogens with zero attached hydrogens (tertiary/aromatic N) is 3. The summed E-state index contributed by atoms with van der Waals surface area (Å²) in [5, 5.41) is 6.53. The second-order valence-electron chi connectivity index (χ2n) is 8.25. The van der Waals surface area contributed by atoms with Crippen molar-refractivity contribution in [2.45, 2.75) is 12.7 Å². The van der Waals surface area contributed by atoms with Crippen LogP contribution in [-0.2, 0) is 12.7 Å². The van der Waals surface area contributed by atoms with Gasteiger partial charge in [0.2, 0.25) is 0 Å². The van der Waals surface area contributed by atoms with Gasteiger partial charge in [-0.15, -0.1) is 0 Å². The van der Waals surface area contributed by atoms with Crippen molar-refractivity contribution in [1.29, 1.82) is 0 Å². The van der Waals surface area contributed by atoms with Crippen molar-refractivity contribution in [3.8, 4) is 22.8 Å². The van der Waals surface area contributed by atoms with Gasteiger partial charge in [-0.2, -0.15) is 18.3 Å². The number of benzene rings is 3. The third-order valence-corrected chi connectivity index (χ3v) is 5.78. The maximum absolute atomic E-state index is 14.7. The predicted octanol–water partition coefficient (Wildman–Crippen LogP) is 5.86. The number of fused-ring (bicyclic) bond motifs is 1. The van der Waals surface area contributed by atoms with E-state index in [1.165, 1.54) is 6.07 Å². The Bertz CT molecular complexity index is 1630. The number of hydrogen-bond donors (Lipinski definition) is 2. The molecule has 1 amide bonds. The van der Waals surface area contributed by atoms with Crippen molar-refractivity contribution >= 4 is 17.2 Å². The first-order valence-corrected chi connectivity index (χ1v) is 11.3. The van der Waals surface area contributed by atoms with Crippen LogP contribution in [0.3, 0.4) is 0 Å². The molecule has 5 aromatic rings. The van der Waals surface area contributed by atoms with E-state index in [4.69, 9.17) is 10.5 Å². The number of rotatable bonds is 6. The van der Waals surface area contributed by atoms with Crippen molar-refractivity contribution in [2.24, 2.45) is 0 Å². The van der Waals surface area contributed by atoms with Gasteiger partial charge in [-0.25, -0.2) is 13.9 Å². The SMILES string of the molecule is Nc1ncnn2c(-c3ccc(F)c(C(=O)NCc4ccccc4Oc4ccccc4)c3)cc(C(F)(F)F)c12. The minimum Gasteiger partial charge on any atom is -0.457 e. The number of nitrogen functional groups attached to an aromatic ring is 1. The zero-order valence-electron chi connectivity index (χ0n) is 19.5. The molecule has 0 spiro atoms. The predicted molar refractivity (Wildman–Crippen MR) is 132 cm³/mol. The van der Waals surface area contributed by atoms with Crippen LogP contribution in [0.15, 0.2) is 85.2 Å². The maximum atomic E-state index is 14.7. The number of carbonyl (C=O) groups excluding carboxylic acids is 1. The van der Waals surface area contributed by atoms with E-state index < -0.39 is 29.0 Å². The summed E-state index contributed by atoms with van der Waals surface area (Å²) in [5.41, 5.74) is 4.61. The summed E-state index contributed by atoms with van der Waals surface area (Å²) >= 11 is 0. The highest BCUT2D eigenvalue weighted by Gasteiger charge is 2.36. The van der Waals surface area contributed by atoms with E-state index in [-0.39, 0.29) is 29.2 Å². The number of halogens is 4. The minimum atomic E-state index is -4.74. The molecule has 5 rings (SSSR count). The van der Waals surface area contributed by atoms with Crippen molar-refractivity contribution in [3.05, 3.63) is 108 Å². The van der Waals surface area contributed by atoms with Gasteiger partial charge in [-0.1, -0.05) is 36.4 Å². The summed E-state index contributed by atoms with van der Waals surface area (Å²) in [7, 11) is 0. The molecule has 0 bridgehead atoms. The number of carbonyl (C=O) groups is 1. The van der Waals surface area contributed by atoms with E-state index in [0.29, 0.717) is 17.1 Å². The first-order valence-electron chi connectivity index (χ1n) is 11.3. The largest absolute Gasteiger partial charge is 0.457 e. The molecule has 38 heavy (non-hydrogen) atoms. The van der Waals surface area contributed by atoms with Gasteiger partial charge < -0.3 is 15.8 Å². The molecule has 0 saturated carbocycles. The number of anilines is 1. The fraction of sp³-hybridized carbons (Fsp3) is 0.0741. The standard InChI is InChI=1S/C27H19F4N5O2/c28-21-11-10-16(22-13-20(27(29,30)31)24-25(32)34-15-35-36(22)24)12-19(21)26(37)33-14-17-6-4-5-9-23(17)38-18-7-2-1-3-8-18/h1-13,15H,14H2,(H,33,37)(H2,32,34,35). The van der Waals surface area contributed by atoms with Crippen LogP contribution in [0.2, 0.25) is 0 Å². The summed E-state index contributed by atoms with van der Waals surface area (Å²) in [6.07, 6.45) is -3.73. The lowest BCUT2D eigenvalue weighted by Gasteiger charge is -2.13. The molecule has 192 valence electrons. The molecule has 0 radical (unpaired) electrons. The van der Waals surface area contributed by atoms with E-state index >= 15 is 0 Å². The third-order valence-electron chi connectivity index (χ3n) is 5.78. The lowest BCUT2D eigenvalue weighted by Crippen LogP contribution is -2.24. The van der Waals surface area contributed by atoms with Crippen molar-refractivity contribution in [1.82, 2.24) is 19.9 Å². The Morgan fingerprint density at radius 3 is 2.50 bits per heavy atom. The van der Waals surface area contributed by atoms with Crippen molar-refractivity contribution in [2.75, 3.05) is 5.73 Å². The van der Waals surface area contributed by atoms with Gasteiger partial charge in [0, 0.05) is 17.7 Å². The Morgan fingerprint density at radius 1 is 1.00 bits per heavy atom. The number of nitrogens with one attached hydrogen (secondary N) is 1. The molecule has 0 aliphatic heterocycles. The molecule has 2 aromatic heterocycles. The fourth-order valence-electron chi connectivity index (χ4n) is 3.98. The Balaban J connectivity index is 1.43. The molecule has 2 heterocycles. The molecular formula is C27H19F4N5O2. The summed E-state index contributed by atoms with van der Waals surface area (Å²) in [4.78, 5) is 16.6. The van der Waals surface area contributed by atoms with Crippen molar-refractivity contribution in [3.63, 3.8) is 0 Å². The van der Waals surface area contributed by atoms with E-state index in [2.05, 4.69) is 15.4 Å². The van der Waals surface area contributed by atoms with Crippen LogP contribution >= 0.6 is 0 Å². The molecule has 7 nitrogen and oxygen atoms in total. The van der Waals surface area contributed by atoms with E-state index in [1.54, 1.807) is 36.4 Å². The zero-order valence-corrected chi connectivity index (χ0v) is 19.5. The van der Waals surface area contributed by atoms with Crippen LogP contribution in [0.1, 0.15) is 21.5 Å². The molecular weight excluding hydrogens is 502 g/mol. The quantitative estimate of drug-likeness (QED) is 0.273. The Kier molecular flexibility index (Phi) is 6.41. The number of ether oxygens (including phenoxy) is 1. The molecule has 3 N–H and O–H groups in total. The van der Waals surface area contributed by atoms with Gasteiger partial charge in [0.05, 0.1) is 16.8 Å². The van der Waals surface area contributed by atoms with Crippen LogP contribution < -0.4 is 15.8 Å². The monoisotopic (exact) mass is 521 g/mol. The molecule has 0 fully saturated rings. The number of aromatic nitrogens is 3. The smallest absolute Gasteiger partial charge is 0.418 e. The molecule has 0 atom stereocenters. The first kappa shape index (κ1) is 24.8. The highest BCUT2D eigenvalue weighted by atomic mass is 19.4. The summed E-state index contributed by atoms with van der Waals surface area (Å²) < 4.78 is 62.6. The average molecular weight is 521 g/mol. The van der Waals surface area contributed by atoms with Crippen LogP contribution in [0.5, 0.6) is 11.5 Å². The molecule has 11 heteroatoms. The van der Waals surface area contributed by atoms with Crippen LogP contribution in [0.25, 0.3) is 16.8 Å². The van der Waals surface area contributed by atoms with E-state index in [1.807, 2.05) is 18.2 Å². The molecule has 0 aliphatic carbocycles. The van der Waals surface area contributed by atoms with Gasteiger partial charge in [0.15, 0.2) is 5.82 Å². The molecule has 3 aromatic carbocycles. The lowest BCUT2D eigenvalue weighted by atomic mass is 10.1. The summed E-state index contributed by atoms with van der Waals surface area (Å²) in [6, 6.07) is 20.4. The lowest BCUT2D eigenvalue weighted by molar-refractivity contribution is -0.136. The Hall–Kier alpha value is -4.93. The van der Waals surface area contributed by atoms with Crippen LogP contribution in [-0.4, -0.2) is 20.5 Å². The van der Waals surface area contributed by atoms with Crippen molar-refractivity contribution < 1.29 is 27.1 Å². The van der Waals surface area contributed by atoms with E-state index in [9.17, 15) is 22.4 Å². The van der Waals surface area contributed by atoms with Crippen LogP contribution in [0.4, 0.5) is 23.4 Å². The fourth-order valence-corrected chi connectivity index (χ4v) is 3.98. The Labute approximate surface area is 213 Å². The normalized spacial score (nSPS) is 11.5. The second-order valence-corrected chi connectivity index (χ2v) is 8.25. The van der Waals surface area contributed by atoms with Gasteiger partial charge >= 0.3 is 6.18 Å². The average Bonchev–Trinajstić information content (AvgIpc) is 3.31. The summed E-state index contributed by atoms with van der Waals surface area (Å²) in [6.45, 7) is 0.0154. The maximum Gasteiger partial charge on any atom is 0.418 e. The molecule has 0 saturated heterocycles. The van der Waals surface area contributed by atoms with E-state index in [0.717, 1.165) is 29.0 Å². The van der Waals surface area contributed by atoms with Gasteiger partial charge in [-0.3, -0.25) is 4.79 Å². The third kappa shape index (κ3) is 4.85. The summed E-state index contributed by atoms with van der Waals surface area (Å²) in [5.74, 6) is -0.858. The van der Waals surface area contributed by atoms with Gasteiger partial charge in [-0.05, 0) is 42.5 Å². The second kappa shape index (κ2) is 9.85. The van der Waals surface area contributed by atoms with Gasteiger partial charge in [0.1, 0.15) is 29.2 Å². The van der Waals surface area contributed by atoms with Gasteiger partial charge in [0.25, 0.3) is 5.91 Å². The number of para-hydroxylation sites is 2. The number of hydrogen-bond acceptors (Lipinski definition) is 5. The molecule has 0 unspecified atom stereocenters. The topological polar surface area (TPSA) is 94.5 Å². The zero-order chi connectivity index (χ0) is 26.9. The molecule has 0 aliphatic rings. The number of nitrogens with two attached hydrogens (primary N) is 1. The highest BCUT2D eigenvalue weighted by molar-refractivity contribution is 5.96. The minimum absolute atomic E-state index is 0.0154. The number of amides is 1. The van der Waals surface area contributed by atoms with Crippen LogP contribution in [0, 0.1) is 5.82 Å². The first-order chi connectivity index (χ1) is 18.2. The number of alkyl halides is 3. The highest BCUT2D eigenvalue weighted by Crippen LogP contribution is 2.38. The Morgan fingerprint density at radius 2 is 1.74 bits per heavy atom.